The Hall–Kier alpha value is -15.3. The number of aliphatic hydroxyl groups is 1. The number of aromatic amines is 4. The minimum atomic E-state index is -0.297. The van der Waals surface area contributed by atoms with E-state index in [1.54, 1.807) is 110 Å². The molecule has 12 aromatic heterocycles. The second-order valence-electron chi connectivity index (χ2n) is 29.7. The molecule has 0 spiro atoms. The lowest BCUT2D eigenvalue weighted by Gasteiger charge is -2.30. The maximum Gasteiger partial charge on any atom is 0.276 e. The van der Waals surface area contributed by atoms with Crippen LogP contribution >= 0.6 is 0 Å². The number of rotatable bonds is 20. The van der Waals surface area contributed by atoms with Gasteiger partial charge in [0.05, 0.1) is 47.6 Å². The number of pyridine rings is 8. The van der Waals surface area contributed by atoms with Crippen molar-refractivity contribution in [1.82, 2.24) is 95.4 Å². The van der Waals surface area contributed by atoms with Crippen LogP contribution in [0.25, 0.3) is 88.1 Å². The zero-order valence-electron chi connectivity index (χ0n) is 66.6. The number of nitrogens with zero attached hydrogens (tertiary/aromatic N) is 15. The van der Waals surface area contributed by atoms with Crippen LogP contribution in [0, 0.1) is 0 Å². The van der Waals surface area contributed by atoms with Gasteiger partial charge in [-0.05, 0) is 205 Å². The number of carbonyl (C=O) groups excluding carboxylic acids is 4. The van der Waals surface area contributed by atoms with Crippen molar-refractivity contribution >= 4 is 90.0 Å². The van der Waals surface area contributed by atoms with E-state index in [0.717, 1.165) is 190 Å². The summed E-state index contributed by atoms with van der Waals surface area (Å²) in [5.41, 5.74) is 18.5. The van der Waals surface area contributed by atoms with Crippen molar-refractivity contribution in [3.05, 3.63) is 315 Å². The Kier molecular flexibility index (Phi) is 24.8. The number of aliphatic hydroxyl groups excluding tert-OH is 1. The fourth-order valence-electron chi connectivity index (χ4n) is 14.6. The molecule has 3 aliphatic rings. The minimum absolute atomic E-state index is 0.178. The molecule has 15 heterocycles. The molecule has 5 aromatic carbocycles. The second-order valence-corrected chi connectivity index (χ2v) is 29.7. The summed E-state index contributed by atoms with van der Waals surface area (Å²) in [5.74, 6) is 0.263. The van der Waals surface area contributed by atoms with Crippen LogP contribution in [0.2, 0.25) is 0 Å². The zero-order valence-corrected chi connectivity index (χ0v) is 66.6. The van der Waals surface area contributed by atoms with Crippen molar-refractivity contribution in [3.63, 3.8) is 0 Å². The molecule has 30 nitrogen and oxygen atoms in total. The number of nitrogens with one attached hydrogen (secondary N) is 8. The number of para-hydroxylation sites is 1. The lowest BCUT2D eigenvalue weighted by atomic mass is 10.0. The lowest BCUT2D eigenvalue weighted by Crippen LogP contribution is -2.36. The van der Waals surface area contributed by atoms with Crippen molar-refractivity contribution in [1.29, 1.82) is 0 Å². The molecule has 123 heavy (non-hydrogen) atoms. The number of piperidine rings is 1. The first-order valence-electron chi connectivity index (χ1n) is 40.2. The maximum absolute atomic E-state index is 12.8. The average molecular weight is 1630 g/mol. The van der Waals surface area contributed by atoms with Crippen LogP contribution in [0.4, 0.5) is 22.7 Å². The predicted octanol–water partition coefficient (Wildman–Crippen LogP) is 14.9. The summed E-state index contributed by atoms with van der Waals surface area (Å²) in [6.45, 7) is 10.1. The molecule has 30 heteroatoms. The molecule has 612 valence electrons. The number of H-pyrrole nitrogens is 4. The van der Waals surface area contributed by atoms with E-state index in [1.807, 2.05) is 146 Å². The number of fused-ring (bicyclic) bond motifs is 4. The molecular weight excluding hydrogens is 1550 g/mol. The van der Waals surface area contributed by atoms with Gasteiger partial charge < -0.3 is 35.8 Å². The van der Waals surface area contributed by atoms with Gasteiger partial charge in [-0.1, -0.05) is 42.5 Å². The molecule has 3 fully saturated rings. The number of hydrogen-bond donors (Lipinski definition) is 9. The first-order valence-corrected chi connectivity index (χ1v) is 40.2. The van der Waals surface area contributed by atoms with Gasteiger partial charge >= 0.3 is 0 Å². The molecule has 0 bridgehead atoms. The fraction of sp³-hybridized carbons (Fsp3) is 0.161. The summed E-state index contributed by atoms with van der Waals surface area (Å²) in [5, 5.41) is 52.8. The predicted molar refractivity (Wildman–Crippen MR) is 469 cm³/mol. The Balaban J connectivity index is 0.000000116. The monoisotopic (exact) mass is 1630 g/mol. The molecule has 3 saturated heterocycles. The van der Waals surface area contributed by atoms with Crippen molar-refractivity contribution in [2.75, 3.05) is 73.7 Å². The van der Waals surface area contributed by atoms with E-state index in [1.165, 1.54) is 12.0 Å². The van der Waals surface area contributed by atoms with Crippen molar-refractivity contribution in [2.45, 2.75) is 45.0 Å². The number of hydrogen-bond acceptors (Lipinski definition) is 22. The van der Waals surface area contributed by atoms with Gasteiger partial charge in [-0.3, -0.25) is 94.1 Å². The van der Waals surface area contributed by atoms with Crippen LogP contribution in [0.5, 0.6) is 11.5 Å². The molecule has 0 saturated carbocycles. The Morgan fingerprint density at radius 1 is 0.341 bits per heavy atom. The number of morpholine rings is 1. The number of carbonyl (C=O) groups is 4. The van der Waals surface area contributed by atoms with E-state index in [9.17, 15) is 24.3 Å². The highest BCUT2D eigenvalue weighted by atomic mass is 16.5. The number of amides is 4. The number of likely N-dealkylation sites (tertiary alicyclic amines) is 2. The molecule has 20 rings (SSSR count). The number of benzene rings is 5. The van der Waals surface area contributed by atoms with E-state index >= 15 is 0 Å². The van der Waals surface area contributed by atoms with Gasteiger partial charge in [0.2, 0.25) is 0 Å². The van der Waals surface area contributed by atoms with Crippen molar-refractivity contribution in [2.24, 2.45) is 0 Å². The SMILES string of the molecule is O=C(Nc1ccncc1)c1n[nH]c2ccc(-c3cncc(CN4CCC(O)CC4)c3)cc12.O=C(Nc1ccncc1)c1n[nH]c2ccc(-c3cncc(CN4CCC4)c3)cc12.O=C(Nc1ccncc1)c1n[nH]c2ccc(-c3cncc(CN4CCOCC4)c3)cc12.O=C(Nc1ccncc1)c1n[nH]c2ccc(-c3cncc(Oc4ccccc4)c3)cc12. The highest BCUT2D eigenvalue weighted by Crippen LogP contribution is 2.34. The molecule has 0 atom stereocenters. The molecule has 0 radical (unpaired) electrons. The van der Waals surface area contributed by atoms with E-state index in [2.05, 4.69) is 135 Å². The van der Waals surface area contributed by atoms with Gasteiger partial charge in [0.15, 0.2) is 22.8 Å². The molecular formula is C93H83N23O7. The van der Waals surface area contributed by atoms with Crippen LogP contribution in [-0.2, 0) is 24.4 Å². The van der Waals surface area contributed by atoms with E-state index in [4.69, 9.17) is 9.47 Å². The molecule has 4 amide bonds. The molecule has 17 aromatic rings. The maximum atomic E-state index is 12.8. The third-order valence-corrected chi connectivity index (χ3v) is 21.1. The summed E-state index contributed by atoms with van der Waals surface area (Å²) >= 11 is 0. The van der Waals surface area contributed by atoms with E-state index in [-0.39, 0.29) is 29.7 Å². The third-order valence-electron chi connectivity index (χ3n) is 21.1. The van der Waals surface area contributed by atoms with Gasteiger partial charge in [0, 0.05) is 205 Å². The number of anilines is 4. The summed E-state index contributed by atoms with van der Waals surface area (Å²) in [6, 6.07) is 55.4. The van der Waals surface area contributed by atoms with Crippen LogP contribution in [0.3, 0.4) is 0 Å². The first-order chi connectivity index (χ1) is 60.4. The molecule has 0 unspecified atom stereocenters. The van der Waals surface area contributed by atoms with Crippen molar-refractivity contribution < 1.29 is 33.8 Å². The molecule has 0 aliphatic carbocycles. The fourth-order valence-corrected chi connectivity index (χ4v) is 14.6. The van der Waals surface area contributed by atoms with Crippen LogP contribution in [0.15, 0.2) is 275 Å². The number of aromatic nitrogens is 16. The smallest absolute Gasteiger partial charge is 0.276 e. The lowest BCUT2D eigenvalue weighted by molar-refractivity contribution is 0.0341. The van der Waals surface area contributed by atoms with Gasteiger partial charge in [-0.25, -0.2) is 0 Å². The van der Waals surface area contributed by atoms with Gasteiger partial charge in [0.1, 0.15) is 11.5 Å². The topological polar surface area (TPSA) is 383 Å². The highest BCUT2D eigenvalue weighted by Gasteiger charge is 2.24. The summed E-state index contributed by atoms with van der Waals surface area (Å²) in [4.78, 5) is 91.6. The number of ether oxygens (including phenoxy) is 2. The summed E-state index contributed by atoms with van der Waals surface area (Å²) < 4.78 is 11.3. The standard InChI is InChI=1S/C24H24N6O2.C24H17N5O2.C23H22N6O2.C22H20N6O/c31-20-5-9-30(10-6-20)15-16-11-18(14-26-13-16)17-1-2-22-21(12-17)23(29-28-22)24(32)27-19-3-7-25-8-4-19;30-24(27-18-8-10-25-11-9-18)23-21-13-16(6-7-22(21)28-29-23)17-12-20(15-26-14-17)31-19-4-2-1-3-5-19;30-23(26-19-3-5-24-6-4-19)22-20-12-17(1-2-21(20)27-28-22)18-11-16(13-25-14-18)15-29-7-9-31-10-8-29;29-22(25-18-4-6-23-7-5-18)21-19-11-16(2-3-20(19)26-27-21)17-10-15(12-24-13-17)14-28-8-1-9-28/h1-4,7-8,11-14,20,31H,5-6,9-10,15H2,(H,28,29)(H,25,27,32);1-15H,(H,28,29)(H,25,27,30);1-6,11-14H,7-10,15H2,(H,27,28)(H,24,26,30);2-7,10-13H,1,8-9,14H2,(H,26,27)(H,23,25,29). The Labute approximate surface area is 704 Å². The van der Waals surface area contributed by atoms with Crippen LogP contribution < -0.4 is 26.0 Å². The Morgan fingerprint density at radius 2 is 0.659 bits per heavy atom. The van der Waals surface area contributed by atoms with Gasteiger partial charge in [0.25, 0.3) is 23.6 Å². The van der Waals surface area contributed by atoms with Crippen LogP contribution in [-0.4, -0.2) is 183 Å². The zero-order chi connectivity index (χ0) is 83.6. The Bertz CT molecular complexity index is 6520. The summed E-state index contributed by atoms with van der Waals surface area (Å²) in [7, 11) is 0. The molecule has 9 N–H and O–H groups in total. The quantitative estimate of drug-likeness (QED) is 0.0342. The van der Waals surface area contributed by atoms with Crippen LogP contribution in [0.1, 0.15) is 77.9 Å². The third kappa shape index (κ3) is 20.2. The normalized spacial score (nSPS) is 13.6. The summed E-state index contributed by atoms with van der Waals surface area (Å²) in [6.07, 6.45) is 30.4. The Morgan fingerprint density at radius 3 is 0.992 bits per heavy atom. The average Bonchev–Trinajstić information content (AvgIpc) is 1.79. The molecule has 3 aliphatic heterocycles. The van der Waals surface area contributed by atoms with Gasteiger partial charge in [-0.15, -0.1) is 0 Å². The first kappa shape index (κ1) is 80.1. The highest BCUT2D eigenvalue weighted by molar-refractivity contribution is 6.14. The minimum Gasteiger partial charge on any atom is -0.456 e. The van der Waals surface area contributed by atoms with Gasteiger partial charge in [-0.2, -0.15) is 20.4 Å². The van der Waals surface area contributed by atoms with Crippen molar-refractivity contribution in [3.8, 4) is 56.0 Å². The van der Waals surface area contributed by atoms with E-state index < -0.39 is 0 Å². The second kappa shape index (κ2) is 38.2. The van der Waals surface area contributed by atoms with E-state index in [0.29, 0.717) is 51.3 Å². The largest absolute Gasteiger partial charge is 0.456 e.